The first-order chi connectivity index (χ1) is 15.5. The van der Waals surface area contributed by atoms with Crippen molar-refractivity contribution in [2.45, 2.75) is 46.8 Å². The van der Waals surface area contributed by atoms with Gasteiger partial charge in [-0.05, 0) is 63.6 Å². The maximum Gasteiger partial charge on any atom is 0.227 e. The van der Waals surface area contributed by atoms with Crippen LogP contribution in [0.4, 0.5) is 0 Å². The van der Waals surface area contributed by atoms with Gasteiger partial charge in [0.25, 0.3) is 0 Å². The van der Waals surface area contributed by atoms with Gasteiger partial charge in [-0.2, -0.15) is 5.10 Å². The molecule has 0 spiro atoms. The number of benzene rings is 2. The van der Waals surface area contributed by atoms with Gasteiger partial charge in [0.1, 0.15) is 5.75 Å². The maximum absolute atomic E-state index is 10.4. The second kappa shape index (κ2) is 11.8. The first-order valence-corrected chi connectivity index (χ1v) is 11.4. The van der Waals surface area contributed by atoms with E-state index in [1.807, 2.05) is 67.1 Å². The number of aliphatic hydroxyl groups is 1. The first-order valence-electron chi connectivity index (χ1n) is 11.4. The standard InChI is InChI=1S/C26H35N3O3/c1-5-15-28(17-23(30)19-31-6-2)18-25-21(4)27-29(22-12-8-7-9-13-22)26(25)32-24-14-10-11-20(3)16-24/h7-14,16,23,30H,5-6,15,17-19H2,1-4H3/t23-/m0/s1. The number of para-hydroxylation sites is 1. The van der Waals surface area contributed by atoms with E-state index in [1.165, 1.54) is 0 Å². The Labute approximate surface area is 191 Å². The molecule has 172 valence electrons. The molecule has 0 aliphatic heterocycles. The third-order valence-electron chi connectivity index (χ3n) is 5.25. The number of aryl methyl sites for hydroxylation is 2. The van der Waals surface area contributed by atoms with Crippen molar-refractivity contribution < 1.29 is 14.6 Å². The Morgan fingerprint density at radius 2 is 1.84 bits per heavy atom. The third kappa shape index (κ3) is 6.42. The zero-order valence-electron chi connectivity index (χ0n) is 19.6. The molecule has 2 aromatic carbocycles. The summed E-state index contributed by atoms with van der Waals surface area (Å²) in [6.07, 6.45) is 0.452. The SMILES string of the molecule is CCCN(Cc1c(C)nn(-c2ccccc2)c1Oc1cccc(C)c1)C[C@H](O)COCC. The number of nitrogens with zero attached hydrogens (tertiary/aromatic N) is 3. The molecule has 6 heteroatoms. The fourth-order valence-electron chi connectivity index (χ4n) is 3.74. The topological polar surface area (TPSA) is 59.8 Å². The summed E-state index contributed by atoms with van der Waals surface area (Å²) in [6.45, 7) is 11.1. The molecule has 0 aliphatic rings. The van der Waals surface area contributed by atoms with Crippen LogP contribution in [0, 0.1) is 13.8 Å². The summed E-state index contributed by atoms with van der Waals surface area (Å²) in [5.74, 6) is 1.49. The van der Waals surface area contributed by atoms with E-state index in [1.54, 1.807) is 0 Å². The van der Waals surface area contributed by atoms with Crippen LogP contribution in [0.2, 0.25) is 0 Å². The number of hydrogen-bond acceptors (Lipinski definition) is 5. The van der Waals surface area contributed by atoms with E-state index in [0.29, 0.717) is 32.2 Å². The fraction of sp³-hybridized carbons (Fsp3) is 0.423. The van der Waals surface area contributed by atoms with Crippen LogP contribution in [-0.2, 0) is 11.3 Å². The summed E-state index contributed by atoms with van der Waals surface area (Å²) in [7, 11) is 0. The highest BCUT2D eigenvalue weighted by Crippen LogP contribution is 2.32. The van der Waals surface area contributed by atoms with Crippen LogP contribution in [0.15, 0.2) is 54.6 Å². The summed E-state index contributed by atoms with van der Waals surface area (Å²) < 4.78 is 13.7. The lowest BCUT2D eigenvalue weighted by Gasteiger charge is -2.25. The average molecular weight is 438 g/mol. The van der Waals surface area contributed by atoms with Crippen molar-refractivity contribution in [2.24, 2.45) is 0 Å². The largest absolute Gasteiger partial charge is 0.439 e. The van der Waals surface area contributed by atoms with Crippen molar-refractivity contribution in [1.29, 1.82) is 0 Å². The Bertz CT molecular complexity index is 972. The molecule has 1 heterocycles. The van der Waals surface area contributed by atoms with Crippen molar-refractivity contribution in [3.63, 3.8) is 0 Å². The Hall–Kier alpha value is -2.67. The first kappa shape index (κ1) is 24.0. The van der Waals surface area contributed by atoms with Crippen LogP contribution >= 0.6 is 0 Å². The summed E-state index contributed by atoms with van der Waals surface area (Å²) in [6, 6.07) is 18.1. The Morgan fingerprint density at radius 1 is 1.06 bits per heavy atom. The molecule has 0 radical (unpaired) electrons. The van der Waals surface area contributed by atoms with Gasteiger partial charge < -0.3 is 14.6 Å². The molecule has 0 saturated carbocycles. The summed E-state index contributed by atoms with van der Waals surface area (Å²) in [5, 5.41) is 15.2. The number of hydrogen-bond donors (Lipinski definition) is 1. The molecule has 0 amide bonds. The fourth-order valence-corrected chi connectivity index (χ4v) is 3.74. The van der Waals surface area contributed by atoms with Crippen molar-refractivity contribution in [1.82, 2.24) is 14.7 Å². The highest BCUT2D eigenvalue weighted by molar-refractivity contribution is 5.43. The van der Waals surface area contributed by atoms with Crippen molar-refractivity contribution in [2.75, 3.05) is 26.3 Å². The molecular formula is C26H35N3O3. The van der Waals surface area contributed by atoms with Gasteiger partial charge in [-0.15, -0.1) is 0 Å². The van der Waals surface area contributed by atoms with Gasteiger partial charge in [0, 0.05) is 19.7 Å². The zero-order valence-corrected chi connectivity index (χ0v) is 19.6. The van der Waals surface area contributed by atoms with Gasteiger partial charge in [0.15, 0.2) is 0 Å². The van der Waals surface area contributed by atoms with Gasteiger partial charge in [-0.25, -0.2) is 4.68 Å². The van der Waals surface area contributed by atoms with E-state index in [4.69, 9.17) is 14.6 Å². The van der Waals surface area contributed by atoms with E-state index in [-0.39, 0.29) is 0 Å². The number of aromatic nitrogens is 2. The maximum atomic E-state index is 10.4. The molecule has 3 aromatic rings. The smallest absolute Gasteiger partial charge is 0.227 e. The van der Waals surface area contributed by atoms with Gasteiger partial charge in [-0.3, -0.25) is 4.90 Å². The minimum Gasteiger partial charge on any atom is -0.439 e. The predicted octanol–water partition coefficient (Wildman–Crippen LogP) is 4.89. The number of ether oxygens (including phenoxy) is 2. The summed E-state index contributed by atoms with van der Waals surface area (Å²) in [5.41, 5.74) is 4.02. The highest BCUT2D eigenvalue weighted by atomic mass is 16.5. The summed E-state index contributed by atoms with van der Waals surface area (Å²) in [4.78, 5) is 2.24. The Morgan fingerprint density at radius 3 is 2.53 bits per heavy atom. The quantitative estimate of drug-likeness (QED) is 0.437. The lowest BCUT2D eigenvalue weighted by Crippen LogP contribution is -2.35. The molecule has 32 heavy (non-hydrogen) atoms. The minimum atomic E-state index is -0.535. The predicted molar refractivity (Wildman–Crippen MR) is 128 cm³/mol. The van der Waals surface area contributed by atoms with Crippen molar-refractivity contribution >= 4 is 0 Å². The van der Waals surface area contributed by atoms with E-state index in [0.717, 1.165) is 41.2 Å². The Balaban J connectivity index is 1.95. The van der Waals surface area contributed by atoms with Gasteiger partial charge in [0.05, 0.1) is 29.7 Å². The highest BCUT2D eigenvalue weighted by Gasteiger charge is 2.22. The van der Waals surface area contributed by atoms with E-state index >= 15 is 0 Å². The monoisotopic (exact) mass is 437 g/mol. The van der Waals surface area contributed by atoms with E-state index < -0.39 is 6.10 Å². The molecule has 0 unspecified atom stereocenters. The van der Waals surface area contributed by atoms with Crippen molar-refractivity contribution in [3.05, 3.63) is 71.4 Å². The lowest BCUT2D eigenvalue weighted by atomic mass is 10.2. The van der Waals surface area contributed by atoms with Crippen LogP contribution in [0.25, 0.3) is 5.69 Å². The number of aliphatic hydroxyl groups excluding tert-OH is 1. The van der Waals surface area contributed by atoms with E-state index in [2.05, 4.69) is 24.8 Å². The molecule has 0 aliphatic carbocycles. The molecule has 6 nitrogen and oxygen atoms in total. The minimum absolute atomic E-state index is 0.339. The molecule has 1 aromatic heterocycles. The molecule has 0 saturated heterocycles. The van der Waals surface area contributed by atoms with Crippen LogP contribution in [-0.4, -0.2) is 52.2 Å². The lowest BCUT2D eigenvalue weighted by molar-refractivity contribution is 0.0195. The number of rotatable bonds is 12. The second-order valence-corrected chi connectivity index (χ2v) is 8.08. The van der Waals surface area contributed by atoms with Crippen molar-refractivity contribution in [3.8, 4) is 17.3 Å². The zero-order chi connectivity index (χ0) is 22.9. The van der Waals surface area contributed by atoms with Crippen LogP contribution < -0.4 is 4.74 Å². The van der Waals surface area contributed by atoms with E-state index in [9.17, 15) is 5.11 Å². The van der Waals surface area contributed by atoms with Gasteiger partial charge in [-0.1, -0.05) is 37.3 Å². The molecule has 0 fully saturated rings. The summed E-state index contributed by atoms with van der Waals surface area (Å²) >= 11 is 0. The van der Waals surface area contributed by atoms with Gasteiger partial charge >= 0.3 is 0 Å². The molecule has 1 atom stereocenters. The van der Waals surface area contributed by atoms with Crippen LogP contribution in [0.1, 0.15) is 37.1 Å². The molecule has 3 rings (SSSR count). The molecular weight excluding hydrogens is 402 g/mol. The normalized spacial score (nSPS) is 12.3. The average Bonchev–Trinajstić information content (AvgIpc) is 3.08. The van der Waals surface area contributed by atoms with Crippen LogP contribution in [0.5, 0.6) is 11.6 Å². The van der Waals surface area contributed by atoms with Crippen LogP contribution in [0.3, 0.4) is 0 Å². The third-order valence-corrected chi connectivity index (χ3v) is 5.25. The molecule has 0 bridgehead atoms. The van der Waals surface area contributed by atoms with Gasteiger partial charge in [0.2, 0.25) is 5.88 Å². The Kier molecular flexibility index (Phi) is 8.85. The molecule has 1 N–H and O–H groups in total. The second-order valence-electron chi connectivity index (χ2n) is 8.08.